The molecular weight excluding hydrogens is 233 g/mol. The second-order valence-corrected chi connectivity index (χ2v) is 2.99. The Morgan fingerprint density at radius 3 is 1.50 bits per heavy atom. The second kappa shape index (κ2) is 3.79. The van der Waals surface area contributed by atoms with Gasteiger partial charge < -0.3 is 0 Å². The van der Waals surface area contributed by atoms with Crippen molar-refractivity contribution in [3.63, 3.8) is 0 Å². The fourth-order valence-electron chi connectivity index (χ4n) is 0.830. The number of hydrogen-bond donors (Lipinski definition) is 0. The Kier molecular flexibility index (Phi) is 2.90. The van der Waals surface area contributed by atoms with Crippen LogP contribution in [0.25, 0.3) is 0 Å². The third-order valence-corrected chi connectivity index (χ3v) is 2.20. The highest BCUT2D eigenvalue weighted by molar-refractivity contribution is 6.35. The van der Waals surface area contributed by atoms with Crippen LogP contribution in [0.3, 0.4) is 0 Å². The number of hydrogen-bond acceptors (Lipinski definition) is 2. The maximum absolute atomic E-state index is 13.1. The minimum atomic E-state index is -1.25. The molecule has 0 heterocycles. The van der Waals surface area contributed by atoms with E-state index in [9.17, 15) is 8.78 Å². The maximum Gasteiger partial charge on any atom is 0.164 e. The van der Waals surface area contributed by atoms with Crippen LogP contribution in [0.2, 0.25) is 10.0 Å². The molecular formula is C8Cl2F2N2. The van der Waals surface area contributed by atoms with Gasteiger partial charge in [0.15, 0.2) is 11.6 Å². The molecule has 14 heavy (non-hydrogen) atoms. The van der Waals surface area contributed by atoms with Crippen molar-refractivity contribution in [2.75, 3.05) is 0 Å². The number of nitriles is 2. The average molecular weight is 233 g/mol. The lowest BCUT2D eigenvalue weighted by Gasteiger charge is -2.03. The molecule has 0 aliphatic heterocycles. The first-order chi connectivity index (χ1) is 6.54. The van der Waals surface area contributed by atoms with Crippen LogP contribution in [-0.2, 0) is 0 Å². The number of nitrogens with zero attached hydrogens (tertiary/aromatic N) is 2. The van der Waals surface area contributed by atoms with E-state index in [4.69, 9.17) is 33.7 Å². The maximum atomic E-state index is 13.1. The van der Waals surface area contributed by atoms with Crippen molar-refractivity contribution in [2.45, 2.75) is 0 Å². The molecule has 0 radical (unpaired) electrons. The van der Waals surface area contributed by atoms with Gasteiger partial charge in [0, 0.05) is 0 Å². The van der Waals surface area contributed by atoms with Crippen molar-refractivity contribution in [2.24, 2.45) is 0 Å². The Balaban J connectivity index is 3.78. The van der Waals surface area contributed by atoms with Crippen LogP contribution in [0.4, 0.5) is 8.78 Å². The molecule has 0 spiro atoms. The van der Waals surface area contributed by atoms with Crippen LogP contribution >= 0.6 is 23.2 Å². The highest BCUT2D eigenvalue weighted by atomic mass is 35.5. The SMILES string of the molecule is N#Cc1c(F)c(Cl)c(F)c(C#N)c1Cl. The van der Waals surface area contributed by atoms with Crippen molar-refractivity contribution in [3.05, 3.63) is 32.8 Å². The molecule has 0 bridgehead atoms. The lowest BCUT2D eigenvalue weighted by molar-refractivity contribution is 0.579. The van der Waals surface area contributed by atoms with Crippen molar-refractivity contribution < 1.29 is 8.78 Å². The third kappa shape index (κ3) is 1.39. The van der Waals surface area contributed by atoms with Crippen LogP contribution in [0.5, 0.6) is 0 Å². The molecule has 1 rings (SSSR count). The molecule has 6 heteroatoms. The summed E-state index contributed by atoms with van der Waals surface area (Å²) >= 11 is 10.6. The fourth-order valence-corrected chi connectivity index (χ4v) is 1.27. The molecule has 1 aromatic rings. The minimum Gasteiger partial charge on any atom is -0.204 e. The molecule has 2 nitrogen and oxygen atoms in total. The van der Waals surface area contributed by atoms with E-state index in [0.717, 1.165) is 0 Å². The average Bonchev–Trinajstić information content (AvgIpc) is 2.16. The van der Waals surface area contributed by atoms with E-state index in [1.165, 1.54) is 12.1 Å². The third-order valence-electron chi connectivity index (χ3n) is 1.49. The quantitative estimate of drug-likeness (QED) is 0.510. The molecule has 0 saturated heterocycles. The first-order valence-corrected chi connectivity index (χ1v) is 3.96. The molecule has 70 valence electrons. The molecule has 0 unspecified atom stereocenters. The summed E-state index contributed by atoms with van der Waals surface area (Å²) in [7, 11) is 0. The van der Waals surface area contributed by atoms with Gasteiger partial charge in [-0.15, -0.1) is 0 Å². The van der Waals surface area contributed by atoms with Crippen LogP contribution in [0.1, 0.15) is 11.1 Å². The molecule has 0 atom stereocenters. The van der Waals surface area contributed by atoms with E-state index in [1.54, 1.807) is 0 Å². The fraction of sp³-hybridized carbons (Fsp3) is 0. The van der Waals surface area contributed by atoms with Gasteiger partial charge in [-0.3, -0.25) is 0 Å². The summed E-state index contributed by atoms with van der Waals surface area (Å²) in [5.41, 5.74) is -1.26. The Labute approximate surface area is 87.9 Å². The molecule has 0 aliphatic carbocycles. The normalized spacial score (nSPS) is 9.29. The zero-order chi connectivity index (χ0) is 10.9. The van der Waals surface area contributed by atoms with Crippen molar-refractivity contribution in [3.8, 4) is 12.1 Å². The monoisotopic (exact) mass is 232 g/mol. The van der Waals surface area contributed by atoms with Gasteiger partial charge in [0.05, 0.1) is 5.02 Å². The summed E-state index contributed by atoms with van der Waals surface area (Å²) in [5, 5.41) is 15.5. The Hall–Kier alpha value is -1.36. The molecule has 0 aromatic heterocycles. The predicted octanol–water partition coefficient (Wildman–Crippen LogP) is 3.01. The van der Waals surface area contributed by atoms with Gasteiger partial charge >= 0.3 is 0 Å². The standard InChI is InChI=1S/C8Cl2F2N2/c9-5-3(1-13)7(11)6(10)8(12)4(5)2-14. The van der Waals surface area contributed by atoms with E-state index in [1.807, 2.05) is 0 Å². The zero-order valence-electron chi connectivity index (χ0n) is 6.41. The molecule has 0 N–H and O–H groups in total. The van der Waals surface area contributed by atoms with Crippen molar-refractivity contribution in [1.82, 2.24) is 0 Å². The van der Waals surface area contributed by atoms with Gasteiger partial charge in [0.25, 0.3) is 0 Å². The summed E-state index contributed by atoms with van der Waals surface area (Å²) in [6, 6.07) is 2.79. The highest BCUT2D eigenvalue weighted by Crippen LogP contribution is 2.31. The first kappa shape index (κ1) is 10.7. The Morgan fingerprint density at radius 1 is 0.857 bits per heavy atom. The minimum absolute atomic E-state index is 0.561. The highest BCUT2D eigenvalue weighted by Gasteiger charge is 2.22. The Bertz CT molecular complexity index is 445. The van der Waals surface area contributed by atoms with E-state index in [-0.39, 0.29) is 0 Å². The second-order valence-electron chi connectivity index (χ2n) is 2.23. The van der Waals surface area contributed by atoms with Crippen LogP contribution in [0.15, 0.2) is 0 Å². The molecule has 0 amide bonds. The molecule has 0 fully saturated rings. The van der Waals surface area contributed by atoms with Gasteiger partial charge in [-0.05, 0) is 0 Å². The molecule has 1 aromatic carbocycles. The van der Waals surface area contributed by atoms with Gasteiger partial charge in [-0.1, -0.05) is 23.2 Å². The van der Waals surface area contributed by atoms with E-state index < -0.39 is 32.8 Å². The van der Waals surface area contributed by atoms with Crippen molar-refractivity contribution in [1.29, 1.82) is 10.5 Å². The summed E-state index contributed by atoms with van der Waals surface area (Å²) in [5.74, 6) is -2.51. The lowest BCUT2D eigenvalue weighted by Crippen LogP contribution is -1.96. The van der Waals surface area contributed by atoms with Gasteiger partial charge in [-0.2, -0.15) is 10.5 Å². The summed E-state index contributed by atoms with van der Waals surface area (Å²) in [4.78, 5) is 0. The molecule has 0 saturated carbocycles. The van der Waals surface area contributed by atoms with Crippen LogP contribution < -0.4 is 0 Å². The largest absolute Gasteiger partial charge is 0.204 e. The number of benzene rings is 1. The summed E-state index contributed by atoms with van der Waals surface area (Å²) < 4.78 is 26.1. The summed E-state index contributed by atoms with van der Waals surface area (Å²) in [6.07, 6.45) is 0. The van der Waals surface area contributed by atoms with Gasteiger partial charge in [-0.25, -0.2) is 8.78 Å². The van der Waals surface area contributed by atoms with E-state index in [0.29, 0.717) is 0 Å². The number of rotatable bonds is 0. The zero-order valence-corrected chi connectivity index (χ0v) is 7.92. The van der Waals surface area contributed by atoms with Crippen LogP contribution in [-0.4, -0.2) is 0 Å². The Morgan fingerprint density at radius 2 is 1.21 bits per heavy atom. The predicted molar refractivity (Wildman–Crippen MR) is 45.8 cm³/mol. The topological polar surface area (TPSA) is 47.6 Å². The van der Waals surface area contributed by atoms with E-state index >= 15 is 0 Å². The molecule has 0 aliphatic rings. The summed E-state index contributed by atoms with van der Waals surface area (Å²) in [6.45, 7) is 0. The smallest absolute Gasteiger partial charge is 0.164 e. The lowest BCUT2D eigenvalue weighted by atomic mass is 10.1. The van der Waals surface area contributed by atoms with Crippen LogP contribution in [0, 0.1) is 34.3 Å². The van der Waals surface area contributed by atoms with Gasteiger partial charge in [0.1, 0.15) is 28.3 Å². The van der Waals surface area contributed by atoms with Gasteiger partial charge in [0.2, 0.25) is 0 Å². The van der Waals surface area contributed by atoms with Crippen molar-refractivity contribution >= 4 is 23.2 Å². The van der Waals surface area contributed by atoms with E-state index in [2.05, 4.69) is 0 Å². The number of halogens is 4. The first-order valence-electron chi connectivity index (χ1n) is 3.20.